The highest BCUT2D eigenvalue weighted by atomic mass is 16.1. The first-order valence-electron chi connectivity index (χ1n) is 7.63. The Balaban J connectivity index is 1.82. The van der Waals surface area contributed by atoms with Gasteiger partial charge in [0.25, 0.3) is 0 Å². The molecule has 3 N–H and O–H groups in total. The summed E-state index contributed by atoms with van der Waals surface area (Å²) in [6, 6.07) is 0.194. The standard InChI is InChI=1S/C15H26N4O/c1-3-14-12(10-19(2)18-14)9-17-15(20)8-11-6-4-5-7-13(11)16/h10-11,13H,3-9,16H2,1-2H3,(H,17,20). The topological polar surface area (TPSA) is 72.9 Å². The molecule has 112 valence electrons. The van der Waals surface area contributed by atoms with Gasteiger partial charge in [-0.1, -0.05) is 19.8 Å². The predicted molar refractivity (Wildman–Crippen MR) is 79.0 cm³/mol. The summed E-state index contributed by atoms with van der Waals surface area (Å²) < 4.78 is 1.80. The zero-order valence-electron chi connectivity index (χ0n) is 12.6. The normalized spacial score (nSPS) is 22.8. The van der Waals surface area contributed by atoms with Crippen LogP contribution in [0.15, 0.2) is 6.20 Å². The second kappa shape index (κ2) is 6.88. The first-order valence-corrected chi connectivity index (χ1v) is 7.63. The number of rotatable bonds is 5. The Bertz CT molecular complexity index is 455. The summed E-state index contributed by atoms with van der Waals surface area (Å²) in [5.41, 5.74) is 8.26. The molecule has 1 aromatic rings. The molecule has 1 aromatic heterocycles. The Morgan fingerprint density at radius 1 is 1.50 bits per heavy atom. The summed E-state index contributed by atoms with van der Waals surface area (Å²) in [6.45, 7) is 2.65. The van der Waals surface area contributed by atoms with E-state index in [0.717, 1.165) is 30.5 Å². The number of aryl methyl sites for hydroxylation is 2. The fraction of sp³-hybridized carbons (Fsp3) is 0.733. The van der Waals surface area contributed by atoms with Gasteiger partial charge in [-0.3, -0.25) is 9.48 Å². The highest BCUT2D eigenvalue weighted by molar-refractivity contribution is 5.76. The van der Waals surface area contributed by atoms with Crippen LogP contribution in [0.2, 0.25) is 0 Å². The molecule has 5 heteroatoms. The van der Waals surface area contributed by atoms with Gasteiger partial charge in [-0.2, -0.15) is 5.10 Å². The quantitative estimate of drug-likeness (QED) is 0.857. The molecule has 5 nitrogen and oxygen atoms in total. The average molecular weight is 278 g/mol. The lowest BCUT2D eigenvalue weighted by Crippen LogP contribution is -2.37. The Hall–Kier alpha value is -1.36. The number of nitrogens with zero attached hydrogens (tertiary/aromatic N) is 2. The number of carbonyl (C=O) groups is 1. The second-order valence-corrected chi connectivity index (χ2v) is 5.82. The fourth-order valence-electron chi connectivity index (χ4n) is 3.02. The van der Waals surface area contributed by atoms with Gasteiger partial charge >= 0.3 is 0 Å². The molecule has 2 atom stereocenters. The van der Waals surface area contributed by atoms with Crippen molar-refractivity contribution in [2.24, 2.45) is 18.7 Å². The lowest BCUT2D eigenvalue weighted by Gasteiger charge is -2.27. The third-order valence-corrected chi connectivity index (χ3v) is 4.22. The van der Waals surface area contributed by atoms with Gasteiger partial charge in [-0.25, -0.2) is 0 Å². The van der Waals surface area contributed by atoms with E-state index >= 15 is 0 Å². The highest BCUT2D eigenvalue weighted by Gasteiger charge is 2.24. The van der Waals surface area contributed by atoms with Crippen LogP contribution in [0.5, 0.6) is 0 Å². The number of amides is 1. The number of nitrogens with two attached hydrogens (primary N) is 1. The zero-order valence-corrected chi connectivity index (χ0v) is 12.6. The van der Waals surface area contributed by atoms with Crippen molar-refractivity contribution in [3.8, 4) is 0 Å². The van der Waals surface area contributed by atoms with E-state index in [9.17, 15) is 4.79 Å². The maximum Gasteiger partial charge on any atom is 0.220 e. The number of aromatic nitrogens is 2. The lowest BCUT2D eigenvalue weighted by atomic mass is 9.83. The SMILES string of the molecule is CCc1nn(C)cc1CNC(=O)CC1CCCCC1N. The molecule has 1 aliphatic carbocycles. The van der Waals surface area contributed by atoms with E-state index in [-0.39, 0.29) is 11.9 Å². The Morgan fingerprint density at radius 2 is 2.25 bits per heavy atom. The minimum atomic E-state index is 0.109. The summed E-state index contributed by atoms with van der Waals surface area (Å²) in [5.74, 6) is 0.460. The van der Waals surface area contributed by atoms with Gasteiger partial charge in [-0.05, 0) is 25.2 Å². The number of carbonyl (C=O) groups excluding carboxylic acids is 1. The number of nitrogens with one attached hydrogen (secondary N) is 1. The highest BCUT2D eigenvalue weighted by Crippen LogP contribution is 2.25. The average Bonchev–Trinajstić information content (AvgIpc) is 2.79. The van der Waals surface area contributed by atoms with E-state index in [1.807, 2.05) is 13.2 Å². The first kappa shape index (κ1) is 15.0. The molecular formula is C15H26N4O. The molecule has 0 radical (unpaired) electrons. The van der Waals surface area contributed by atoms with Crippen LogP contribution in [0, 0.1) is 5.92 Å². The minimum absolute atomic E-state index is 0.109. The lowest BCUT2D eigenvalue weighted by molar-refractivity contribution is -0.122. The largest absolute Gasteiger partial charge is 0.352 e. The van der Waals surface area contributed by atoms with Crippen LogP contribution in [-0.4, -0.2) is 21.7 Å². The van der Waals surface area contributed by atoms with Gasteiger partial charge in [0.05, 0.1) is 5.69 Å². The van der Waals surface area contributed by atoms with Crippen LogP contribution in [0.1, 0.15) is 50.3 Å². The molecule has 1 heterocycles. The monoisotopic (exact) mass is 278 g/mol. The Kier molecular flexibility index (Phi) is 5.17. The minimum Gasteiger partial charge on any atom is -0.352 e. The van der Waals surface area contributed by atoms with Gasteiger partial charge in [0.15, 0.2) is 0 Å². The van der Waals surface area contributed by atoms with Crippen LogP contribution >= 0.6 is 0 Å². The van der Waals surface area contributed by atoms with Crippen molar-refractivity contribution in [1.82, 2.24) is 15.1 Å². The molecule has 1 amide bonds. The first-order chi connectivity index (χ1) is 9.60. The van der Waals surface area contributed by atoms with E-state index in [2.05, 4.69) is 17.3 Å². The Morgan fingerprint density at radius 3 is 2.95 bits per heavy atom. The van der Waals surface area contributed by atoms with Crippen molar-refractivity contribution < 1.29 is 4.79 Å². The van der Waals surface area contributed by atoms with Crippen LogP contribution in [-0.2, 0) is 24.8 Å². The van der Waals surface area contributed by atoms with Gasteiger partial charge in [0, 0.05) is 37.8 Å². The maximum absolute atomic E-state index is 12.0. The third kappa shape index (κ3) is 3.82. The van der Waals surface area contributed by atoms with Crippen molar-refractivity contribution in [2.45, 2.75) is 58.0 Å². The van der Waals surface area contributed by atoms with Crippen molar-refractivity contribution in [2.75, 3.05) is 0 Å². The molecule has 0 spiro atoms. The fourth-order valence-corrected chi connectivity index (χ4v) is 3.02. The third-order valence-electron chi connectivity index (χ3n) is 4.22. The van der Waals surface area contributed by atoms with Crippen molar-refractivity contribution in [3.05, 3.63) is 17.5 Å². The van der Waals surface area contributed by atoms with Crippen LogP contribution in [0.4, 0.5) is 0 Å². The molecule has 0 saturated heterocycles. The molecule has 0 bridgehead atoms. The molecule has 2 rings (SSSR count). The van der Waals surface area contributed by atoms with Crippen molar-refractivity contribution in [3.63, 3.8) is 0 Å². The van der Waals surface area contributed by atoms with E-state index in [0.29, 0.717) is 18.9 Å². The molecule has 1 aliphatic rings. The summed E-state index contributed by atoms with van der Waals surface area (Å²) in [5, 5.41) is 7.39. The summed E-state index contributed by atoms with van der Waals surface area (Å²) >= 11 is 0. The molecule has 0 aromatic carbocycles. The summed E-state index contributed by atoms with van der Waals surface area (Å²) in [4.78, 5) is 12.0. The van der Waals surface area contributed by atoms with Crippen molar-refractivity contribution >= 4 is 5.91 Å². The summed E-state index contributed by atoms with van der Waals surface area (Å²) in [6.07, 6.45) is 7.97. The van der Waals surface area contributed by atoms with Gasteiger partial charge in [0.1, 0.15) is 0 Å². The predicted octanol–water partition coefficient (Wildman–Crippen LogP) is 1.51. The number of hydrogen-bond acceptors (Lipinski definition) is 3. The molecule has 0 aliphatic heterocycles. The van der Waals surface area contributed by atoms with Gasteiger partial charge in [-0.15, -0.1) is 0 Å². The maximum atomic E-state index is 12.0. The van der Waals surface area contributed by atoms with Crippen LogP contribution < -0.4 is 11.1 Å². The van der Waals surface area contributed by atoms with E-state index in [1.54, 1.807) is 4.68 Å². The van der Waals surface area contributed by atoms with Crippen LogP contribution in [0.3, 0.4) is 0 Å². The molecular weight excluding hydrogens is 252 g/mol. The Labute approximate surface area is 120 Å². The molecule has 1 saturated carbocycles. The van der Waals surface area contributed by atoms with Crippen LogP contribution in [0.25, 0.3) is 0 Å². The second-order valence-electron chi connectivity index (χ2n) is 5.82. The van der Waals surface area contributed by atoms with E-state index in [1.165, 1.54) is 12.8 Å². The van der Waals surface area contributed by atoms with E-state index < -0.39 is 0 Å². The van der Waals surface area contributed by atoms with Gasteiger partial charge < -0.3 is 11.1 Å². The number of hydrogen-bond donors (Lipinski definition) is 2. The smallest absolute Gasteiger partial charge is 0.220 e. The van der Waals surface area contributed by atoms with Gasteiger partial charge in [0.2, 0.25) is 5.91 Å². The molecule has 20 heavy (non-hydrogen) atoms. The molecule has 1 fully saturated rings. The summed E-state index contributed by atoms with van der Waals surface area (Å²) in [7, 11) is 1.91. The molecule has 2 unspecified atom stereocenters. The zero-order chi connectivity index (χ0) is 14.5. The van der Waals surface area contributed by atoms with Crippen molar-refractivity contribution in [1.29, 1.82) is 0 Å². The van der Waals surface area contributed by atoms with E-state index in [4.69, 9.17) is 5.73 Å².